The van der Waals surface area contributed by atoms with Crippen LogP contribution in [0.3, 0.4) is 0 Å². The van der Waals surface area contributed by atoms with E-state index in [1.807, 2.05) is 13.8 Å². The first-order valence-corrected chi connectivity index (χ1v) is 7.35. The minimum Gasteiger partial charge on any atom is -0.322 e. The zero-order valence-corrected chi connectivity index (χ0v) is 12.5. The predicted molar refractivity (Wildman–Crippen MR) is 76.5 cm³/mol. The van der Waals surface area contributed by atoms with Crippen LogP contribution in [0.1, 0.15) is 54.1 Å². The number of fused-ring (bicyclic) bond motifs is 1. The Kier molecular flexibility index (Phi) is 3.47. The van der Waals surface area contributed by atoms with Crippen molar-refractivity contribution >= 4 is 17.7 Å². The normalized spacial score (nSPS) is 21.4. The molecule has 3 amide bonds. The predicted octanol–water partition coefficient (Wildman–Crippen LogP) is 1.71. The van der Waals surface area contributed by atoms with Crippen molar-refractivity contribution in [1.82, 2.24) is 10.2 Å². The largest absolute Gasteiger partial charge is 0.322 e. The van der Waals surface area contributed by atoms with Crippen LogP contribution < -0.4 is 5.32 Å². The van der Waals surface area contributed by atoms with Crippen molar-refractivity contribution in [2.45, 2.75) is 45.2 Å². The van der Waals surface area contributed by atoms with Crippen LogP contribution in [-0.2, 0) is 16.1 Å². The van der Waals surface area contributed by atoms with E-state index >= 15 is 0 Å². The van der Waals surface area contributed by atoms with Gasteiger partial charge in [0.2, 0.25) is 11.8 Å². The van der Waals surface area contributed by atoms with Crippen molar-refractivity contribution < 1.29 is 18.8 Å². The number of hydrogen-bond acceptors (Lipinski definition) is 3. The minimum absolute atomic E-state index is 0.0186. The van der Waals surface area contributed by atoms with Crippen molar-refractivity contribution in [3.05, 3.63) is 34.6 Å². The Balaban J connectivity index is 1.91. The molecule has 116 valence electrons. The summed E-state index contributed by atoms with van der Waals surface area (Å²) >= 11 is 0. The molecule has 1 fully saturated rings. The van der Waals surface area contributed by atoms with Gasteiger partial charge in [-0.2, -0.15) is 0 Å². The summed E-state index contributed by atoms with van der Waals surface area (Å²) in [5.74, 6) is -1.50. The third-order valence-electron chi connectivity index (χ3n) is 4.26. The zero-order chi connectivity index (χ0) is 16.0. The summed E-state index contributed by atoms with van der Waals surface area (Å²) in [6.07, 6.45) is 0.520. The summed E-state index contributed by atoms with van der Waals surface area (Å²) in [7, 11) is 0. The number of nitrogens with zero attached hydrogens (tertiary/aromatic N) is 1. The Labute approximate surface area is 127 Å². The number of imide groups is 1. The average molecular weight is 304 g/mol. The lowest BCUT2D eigenvalue weighted by molar-refractivity contribution is -0.136. The van der Waals surface area contributed by atoms with Crippen molar-refractivity contribution in [1.29, 1.82) is 0 Å². The van der Waals surface area contributed by atoms with Crippen LogP contribution in [-0.4, -0.2) is 28.7 Å². The molecule has 0 bridgehead atoms. The molecule has 1 aromatic rings. The Hall–Kier alpha value is -2.24. The Bertz CT molecular complexity index is 684. The summed E-state index contributed by atoms with van der Waals surface area (Å²) in [4.78, 5) is 37.0. The van der Waals surface area contributed by atoms with Crippen LogP contribution >= 0.6 is 0 Å². The van der Waals surface area contributed by atoms with Gasteiger partial charge < -0.3 is 4.90 Å². The topological polar surface area (TPSA) is 66.5 Å². The SMILES string of the molecule is CC(C)c1cc2c(cc1F)C(=O)N(C1CCC(=O)NC1=O)C2. The molecule has 0 aromatic heterocycles. The number of carbonyl (C=O) groups excluding carboxylic acids is 3. The van der Waals surface area contributed by atoms with E-state index in [0.29, 0.717) is 17.5 Å². The summed E-state index contributed by atoms with van der Waals surface area (Å²) < 4.78 is 14.1. The van der Waals surface area contributed by atoms with Gasteiger partial charge in [0.05, 0.1) is 0 Å². The van der Waals surface area contributed by atoms with Gasteiger partial charge in [0, 0.05) is 18.5 Å². The first-order valence-electron chi connectivity index (χ1n) is 7.35. The molecule has 2 aliphatic rings. The number of piperidine rings is 1. The number of rotatable bonds is 2. The molecule has 2 aliphatic heterocycles. The van der Waals surface area contributed by atoms with Crippen molar-refractivity contribution in [3.8, 4) is 0 Å². The average Bonchev–Trinajstić information content (AvgIpc) is 2.75. The third-order valence-corrected chi connectivity index (χ3v) is 4.26. The molecule has 22 heavy (non-hydrogen) atoms. The molecule has 0 spiro atoms. The van der Waals surface area contributed by atoms with Crippen LogP contribution in [0.25, 0.3) is 0 Å². The van der Waals surface area contributed by atoms with Gasteiger partial charge in [0.1, 0.15) is 11.9 Å². The Morgan fingerprint density at radius 1 is 1.27 bits per heavy atom. The van der Waals surface area contributed by atoms with Gasteiger partial charge in [0.25, 0.3) is 5.91 Å². The lowest BCUT2D eigenvalue weighted by Crippen LogP contribution is -2.52. The first-order chi connectivity index (χ1) is 10.4. The molecule has 1 N–H and O–H groups in total. The molecule has 0 radical (unpaired) electrons. The summed E-state index contributed by atoms with van der Waals surface area (Å²) in [5.41, 5.74) is 1.61. The fourth-order valence-electron chi connectivity index (χ4n) is 3.05. The Morgan fingerprint density at radius 2 is 2.00 bits per heavy atom. The van der Waals surface area contributed by atoms with Gasteiger partial charge >= 0.3 is 0 Å². The number of carbonyl (C=O) groups is 3. The van der Waals surface area contributed by atoms with Gasteiger partial charge in [-0.15, -0.1) is 0 Å². The van der Waals surface area contributed by atoms with Crippen LogP contribution in [0.2, 0.25) is 0 Å². The molecule has 5 nitrogen and oxygen atoms in total. The molecule has 3 rings (SSSR count). The van der Waals surface area contributed by atoms with Crippen molar-refractivity contribution in [2.75, 3.05) is 0 Å². The van der Waals surface area contributed by atoms with E-state index in [0.717, 1.165) is 5.56 Å². The van der Waals surface area contributed by atoms with Gasteiger partial charge in [-0.05, 0) is 29.5 Å². The van der Waals surface area contributed by atoms with E-state index in [1.54, 1.807) is 6.07 Å². The molecule has 1 saturated heterocycles. The number of hydrogen-bond donors (Lipinski definition) is 1. The van der Waals surface area contributed by atoms with E-state index in [9.17, 15) is 18.8 Å². The number of nitrogens with one attached hydrogen (secondary N) is 1. The second kappa shape index (κ2) is 5.19. The second-order valence-corrected chi connectivity index (χ2v) is 6.09. The molecular weight excluding hydrogens is 287 g/mol. The summed E-state index contributed by atoms with van der Waals surface area (Å²) in [5, 5.41) is 2.25. The van der Waals surface area contributed by atoms with Crippen LogP contribution in [0.4, 0.5) is 4.39 Å². The standard InChI is InChI=1S/C16H17FN2O3/c1-8(2)10-5-9-7-19(16(22)11(9)6-12(10)17)13-3-4-14(20)18-15(13)21/h5-6,8,13H,3-4,7H2,1-2H3,(H,18,20,21). The third kappa shape index (κ3) is 2.28. The van der Waals surface area contributed by atoms with E-state index in [1.165, 1.54) is 11.0 Å². The maximum atomic E-state index is 14.1. The van der Waals surface area contributed by atoms with Gasteiger partial charge in [-0.3, -0.25) is 19.7 Å². The zero-order valence-electron chi connectivity index (χ0n) is 12.5. The summed E-state index contributed by atoms with van der Waals surface area (Å²) in [6.45, 7) is 4.06. The van der Waals surface area contributed by atoms with Gasteiger partial charge in [-0.25, -0.2) is 4.39 Å². The van der Waals surface area contributed by atoms with Gasteiger partial charge in [-0.1, -0.05) is 19.9 Å². The molecule has 6 heteroatoms. The van der Waals surface area contributed by atoms with Crippen molar-refractivity contribution in [3.63, 3.8) is 0 Å². The van der Waals surface area contributed by atoms with E-state index < -0.39 is 17.8 Å². The van der Waals surface area contributed by atoms with E-state index in [-0.39, 0.29) is 30.7 Å². The van der Waals surface area contributed by atoms with Crippen LogP contribution in [0.5, 0.6) is 0 Å². The first kappa shape index (κ1) is 14.7. The van der Waals surface area contributed by atoms with E-state index in [2.05, 4.69) is 5.32 Å². The maximum Gasteiger partial charge on any atom is 0.255 e. The number of benzene rings is 1. The van der Waals surface area contributed by atoms with Crippen LogP contribution in [0, 0.1) is 5.82 Å². The molecule has 1 aromatic carbocycles. The molecular formula is C16H17FN2O3. The smallest absolute Gasteiger partial charge is 0.255 e. The second-order valence-electron chi connectivity index (χ2n) is 6.09. The highest BCUT2D eigenvalue weighted by Crippen LogP contribution is 2.31. The highest BCUT2D eigenvalue weighted by atomic mass is 19.1. The monoisotopic (exact) mass is 304 g/mol. The van der Waals surface area contributed by atoms with Crippen molar-refractivity contribution in [2.24, 2.45) is 0 Å². The number of amides is 3. The molecule has 1 unspecified atom stereocenters. The quantitative estimate of drug-likeness (QED) is 0.846. The molecule has 0 aliphatic carbocycles. The molecule has 1 atom stereocenters. The highest BCUT2D eigenvalue weighted by molar-refractivity contribution is 6.05. The highest BCUT2D eigenvalue weighted by Gasteiger charge is 2.39. The van der Waals surface area contributed by atoms with E-state index in [4.69, 9.17) is 0 Å². The van der Waals surface area contributed by atoms with Gasteiger partial charge in [0.15, 0.2) is 0 Å². The number of halogens is 1. The summed E-state index contributed by atoms with van der Waals surface area (Å²) in [6, 6.07) is 2.31. The van der Waals surface area contributed by atoms with Crippen LogP contribution in [0.15, 0.2) is 12.1 Å². The fraction of sp³-hybridized carbons (Fsp3) is 0.438. The maximum absolute atomic E-state index is 14.1. The fourth-order valence-corrected chi connectivity index (χ4v) is 3.05. The lowest BCUT2D eigenvalue weighted by Gasteiger charge is -2.29. The minimum atomic E-state index is -0.664. The molecule has 0 saturated carbocycles. The Morgan fingerprint density at radius 3 is 2.64 bits per heavy atom. The lowest BCUT2D eigenvalue weighted by atomic mass is 9.98. The molecule has 2 heterocycles.